The number of aromatic nitrogens is 2. The smallest absolute Gasteiger partial charge is 0.263 e. The highest BCUT2D eigenvalue weighted by atomic mass is 16.5. The molecule has 0 fully saturated rings. The molecule has 0 saturated heterocycles. The van der Waals surface area contributed by atoms with Gasteiger partial charge in [0.15, 0.2) is 0 Å². The van der Waals surface area contributed by atoms with Gasteiger partial charge in [-0.3, -0.25) is 4.90 Å². The SMILES string of the molecule is CCN(CC)C(C)CNc1noc(-c2ccccc2)n1. The molecule has 0 spiro atoms. The second-order valence-corrected chi connectivity index (χ2v) is 4.74. The molecule has 108 valence electrons. The summed E-state index contributed by atoms with van der Waals surface area (Å²) < 4.78 is 5.26. The van der Waals surface area contributed by atoms with Gasteiger partial charge in [-0.2, -0.15) is 4.98 Å². The predicted octanol–water partition coefficient (Wildman–Crippen LogP) is 2.88. The van der Waals surface area contributed by atoms with Crippen molar-refractivity contribution in [1.82, 2.24) is 15.0 Å². The van der Waals surface area contributed by atoms with Gasteiger partial charge in [0.2, 0.25) is 0 Å². The van der Waals surface area contributed by atoms with Gasteiger partial charge >= 0.3 is 0 Å². The summed E-state index contributed by atoms with van der Waals surface area (Å²) in [6.45, 7) is 9.42. The normalized spacial score (nSPS) is 12.6. The van der Waals surface area contributed by atoms with Crippen molar-refractivity contribution in [2.24, 2.45) is 0 Å². The molecule has 0 aliphatic heterocycles. The highest BCUT2D eigenvalue weighted by molar-refractivity contribution is 5.53. The quantitative estimate of drug-likeness (QED) is 0.841. The molecule has 0 bridgehead atoms. The molecule has 5 heteroatoms. The maximum Gasteiger partial charge on any atom is 0.263 e. The third kappa shape index (κ3) is 3.57. The lowest BCUT2D eigenvalue weighted by molar-refractivity contribution is 0.240. The van der Waals surface area contributed by atoms with E-state index in [4.69, 9.17) is 4.52 Å². The molecule has 1 N–H and O–H groups in total. The monoisotopic (exact) mass is 274 g/mol. The first-order valence-corrected chi connectivity index (χ1v) is 7.11. The van der Waals surface area contributed by atoms with Crippen molar-refractivity contribution in [2.45, 2.75) is 26.8 Å². The molecule has 0 aliphatic carbocycles. The van der Waals surface area contributed by atoms with E-state index in [2.05, 4.69) is 41.1 Å². The van der Waals surface area contributed by atoms with Crippen molar-refractivity contribution < 1.29 is 4.52 Å². The van der Waals surface area contributed by atoms with Crippen LogP contribution in [0, 0.1) is 0 Å². The number of nitrogens with one attached hydrogen (secondary N) is 1. The molecule has 1 aromatic carbocycles. The largest absolute Gasteiger partial charge is 0.350 e. The van der Waals surface area contributed by atoms with Crippen LogP contribution in [-0.2, 0) is 0 Å². The Morgan fingerprint density at radius 1 is 1.20 bits per heavy atom. The minimum Gasteiger partial charge on any atom is -0.350 e. The molecule has 20 heavy (non-hydrogen) atoms. The van der Waals surface area contributed by atoms with Crippen molar-refractivity contribution in [2.75, 3.05) is 25.0 Å². The van der Waals surface area contributed by atoms with Gasteiger partial charge in [-0.05, 0) is 37.3 Å². The van der Waals surface area contributed by atoms with Crippen LogP contribution < -0.4 is 5.32 Å². The number of benzene rings is 1. The van der Waals surface area contributed by atoms with Crippen LogP contribution in [0.5, 0.6) is 0 Å². The first-order valence-electron chi connectivity index (χ1n) is 7.11. The third-order valence-electron chi connectivity index (χ3n) is 3.44. The Kier molecular flexibility index (Phi) is 5.12. The summed E-state index contributed by atoms with van der Waals surface area (Å²) >= 11 is 0. The average molecular weight is 274 g/mol. The van der Waals surface area contributed by atoms with E-state index in [1.165, 1.54) is 0 Å². The molecule has 1 heterocycles. The summed E-state index contributed by atoms with van der Waals surface area (Å²) in [5.74, 6) is 1.09. The maximum absolute atomic E-state index is 5.26. The van der Waals surface area contributed by atoms with Crippen LogP contribution in [0.15, 0.2) is 34.9 Å². The molecule has 0 amide bonds. The fourth-order valence-electron chi connectivity index (χ4n) is 2.21. The van der Waals surface area contributed by atoms with Gasteiger partial charge < -0.3 is 9.84 Å². The molecular formula is C15H22N4O. The summed E-state index contributed by atoms with van der Waals surface area (Å²) in [5, 5.41) is 7.19. The van der Waals surface area contributed by atoms with Crippen molar-refractivity contribution in [3.8, 4) is 11.5 Å². The minimum atomic E-state index is 0.434. The van der Waals surface area contributed by atoms with E-state index in [1.807, 2.05) is 30.3 Å². The third-order valence-corrected chi connectivity index (χ3v) is 3.44. The maximum atomic E-state index is 5.26. The van der Waals surface area contributed by atoms with Crippen molar-refractivity contribution >= 4 is 5.95 Å². The van der Waals surface area contributed by atoms with Gasteiger partial charge in [0.05, 0.1) is 0 Å². The molecule has 2 aromatic rings. The average Bonchev–Trinajstić information content (AvgIpc) is 2.96. The van der Waals surface area contributed by atoms with Crippen molar-refractivity contribution in [3.05, 3.63) is 30.3 Å². The Morgan fingerprint density at radius 2 is 1.90 bits per heavy atom. The summed E-state index contributed by atoms with van der Waals surface area (Å²) in [7, 11) is 0. The lowest BCUT2D eigenvalue weighted by Gasteiger charge is -2.26. The van der Waals surface area contributed by atoms with Crippen LogP contribution in [0.1, 0.15) is 20.8 Å². The highest BCUT2D eigenvalue weighted by Gasteiger charge is 2.12. The zero-order valence-corrected chi connectivity index (χ0v) is 12.3. The van der Waals surface area contributed by atoms with Crippen LogP contribution in [-0.4, -0.2) is 40.7 Å². The molecule has 5 nitrogen and oxygen atoms in total. The van der Waals surface area contributed by atoms with Gasteiger partial charge in [0.25, 0.3) is 11.8 Å². The van der Waals surface area contributed by atoms with E-state index in [0.29, 0.717) is 17.9 Å². The highest BCUT2D eigenvalue weighted by Crippen LogP contribution is 2.17. The predicted molar refractivity (Wildman–Crippen MR) is 80.6 cm³/mol. The molecular weight excluding hydrogens is 252 g/mol. The second-order valence-electron chi connectivity index (χ2n) is 4.74. The van der Waals surface area contributed by atoms with Crippen LogP contribution in [0.2, 0.25) is 0 Å². The number of likely N-dealkylation sites (N-methyl/N-ethyl adjacent to an activating group) is 1. The number of hydrogen-bond acceptors (Lipinski definition) is 5. The Labute approximate surface area is 120 Å². The van der Waals surface area contributed by atoms with Crippen LogP contribution in [0.25, 0.3) is 11.5 Å². The van der Waals surface area contributed by atoms with E-state index >= 15 is 0 Å². The standard InChI is InChI=1S/C15H22N4O/c1-4-19(5-2)12(3)11-16-15-17-14(20-18-15)13-9-7-6-8-10-13/h6-10,12H,4-5,11H2,1-3H3,(H,16,18). The van der Waals surface area contributed by atoms with Crippen molar-refractivity contribution in [1.29, 1.82) is 0 Å². The first-order chi connectivity index (χ1) is 9.74. The van der Waals surface area contributed by atoms with E-state index < -0.39 is 0 Å². The Balaban J connectivity index is 1.94. The van der Waals surface area contributed by atoms with Gasteiger partial charge in [-0.25, -0.2) is 0 Å². The second kappa shape index (κ2) is 7.05. The van der Waals surface area contributed by atoms with E-state index in [0.717, 1.165) is 25.2 Å². The van der Waals surface area contributed by atoms with Crippen LogP contribution in [0.4, 0.5) is 5.95 Å². The molecule has 1 aromatic heterocycles. The summed E-state index contributed by atoms with van der Waals surface area (Å²) in [6.07, 6.45) is 0. The fraction of sp³-hybridized carbons (Fsp3) is 0.467. The lowest BCUT2D eigenvalue weighted by Crippen LogP contribution is -2.37. The summed E-state index contributed by atoms with van der Waals surface area (Å²) in [4.78, 5) is 6.74. The molecule has 0 aliphatic rings. The van der Waals surface area contributed by atoms with Gasteiger partial charge in [0, 0.05) is 18.2 Å². The Morgan fingerprint density at radius 3 is 2.55 bits per heavy atom. The van der Waals surface area contributed by atoms with Gasteiger partial charge in [0.1, 0.15) is 0 Å². The Hall–Kier alpha value is -1.88. The lowest BCUT2D eigenvalue weighted by atomic mass is 10.2. The number of hydrogen-bond donors (Lipinski definition) is 1. The van der Waals surface area contributed by atoms with Crippen LogP contribution in [0.3, 0.4) is 0 Å². The minimum absolute atomic E-state index is 0.434. The molecule has 0 saturated carbocycles. The molecule has 1 atom stereocenters. The van der Waals surface area contributed by atoms with E-state index in [9.17, 15) is 0 Å². The van der Waals surface area contributed by atoms with Crippen LogP contribution >= 0.6 is 0 Å². The molecule has 1 unspecified atom stereocenters. The fourth-order valence-corrected chi connectivity index (χ4v) is 2.21. The zero-order valence-electron chi connectivity index (χ0n) is 12.3. The molecule has 0 radical (unpaired) electrons. The molecule has 2 rings (SSSR count). The van der Waals surface area contributed by atoms with Crippen molar-refractivity contribution in [3.63, 3.8) is 0 Å². The summed E-state index contributed by atoms with van der Waals surface area (Å²) in [5.41, 5.74) is 0.935. The Bertz CT molecular complexity index is 508. The zero-order chi connectivity index (χ0) is 14.4. The first kappa shape index (κ1) is 14.5. The summed E-state index contributed by atoms with van der Waals surface area (Å²) in [6, 6.07) is 10.2. The van der Waals surface area contributed by atoms with Gasteiger partial charge in [-0.15, -0.1) is 0 Å². The van der Waals surface area contributed by atoms with E-state index in [1.54, 1.807) is 0 Å². The number of nitrogens with zero attached hydrogens (tertiary/aromatic N) is 3. The topological polar surface area (TPSA) is 54.2 Å². The number of rotatable bonds is 7. The number of anilines is 1. The van der Waals surface area contributed by atoms with E-state index in [-0.39, 0.29) is 0 Å². The van der Waals surface area contributed by atoms with Gasteiger partial charge in [-0.1, -0.05) is 32.0 Å².